The van der Waals surface area contributed by atoms with Crippen LogP contribution in [0.15, 0.2) is 102 Å². The maximum atomic E-state index is 13.0. The summed E-state index contributed by atoms with van der Waals surface area (Å²) >= 11 is 8.78. The van der Waals surface area contributed by atoms with E-state index < -0.39 is 192 Å². The van der Waals surface area contributed by atoms with Crippen molar-refractivity contribution in [3.8, 4) is 28.7 Å². The Hall–Kier alpha value is -13.6. The van der Waals surface area contributed by atoms with E-state index in [1.807, 2.05) is 0 Å². The van der Waals surface area contributed by atoms with Crippen molar-refractivity contribution in [2.45, 2.75) is 168 Å². The average Bonchev–Trinajstić information content (AvgIpc) is 0.857. The van der Waals surface area contributed by atoms with Crippen molar-refractivity contribution < 1.29 is 150 Å². The number of alkyl carbamates (subject to hydrolysis) is 5. The fourth-order valence-electron chi connectivity index (χ4n) is 7.81. The number of aromatic nitrogens is 1. The average molecular weight is 1780 g/mol. The van der Waals surface area contributed by atoms with Gasteiger partial charge in [0.2, 0.25) is 0 Å². The van der Waals surface area contributed by atoms with Gasteiger partial charge >= 0.3 is 88.7 Å². The van der Waals surface area contributed by atoms with Crippen LogP contribution in [0.5, 0.6) is 28.7 Å². The number of hydrogen-bond acceptors (Lipinski definition) is 31. The van der Waals surface area contributed by atoms with Crippen molar-refractivity contribution in [1.82, 2.24) is 31.6 Å². The summed E-state index contributed by atoms with van der Waals surface area (Å²) in [6, 6.07) is 10.3. The Kier molecular flexibility index (Phi) is 41.3. The summed E-state index contributed by atoms with van der Waals surface area (Å²) in [7, 11) is 0. The van der Waals surface area contributed by atoms with E-state index in [4.69, 9.17) is 84.5 Å². The smallest absolute Gasteiger partial charge is 0.408 e. The molecule has 4 aromatic carbocycles. The van der Waals surface area contributed by atoms with E-state index in [1.165, 1.54) is 60.8 Å². The molecule has 0 saturated heterocycles. The molecule has 1 heterocycles. The molecule has 10 N–H and O–H groups in total. The third-order valence-corrected chi connectivity index (χ3v) is 13.3. The Morgan fingerprint density at radius 3 is 1.01 bits per heavy atom. The summed E-state index contributed by atoms with van der Waals surface area (Å²) in [6.45, 7) is 22.1. The van der Waals surface area contributed by atoms with E-state index >= 15 is 0 Å². The quantitative estimate of drug-likeness (QED) is 0.0112. The summed E-state index contributed by atoms with van der Waals surface area (Å²) in [5.41, 5.74) is -6.00. The molecule has 0 aliphatic carbocycles. The third kappa shape index (κ3) is 43.7. The first-order valence-electron chi connectivity index (χ1n) is 34.1. The van der Waals surface area contributed by atoms with E-state index in [-0.39, 0.29) is 58.2 Å². The fraction of sp³-hybridized carbons (Fsp3) is 0.443. The van der Waals surface area contributed by atoms with Gasteiger partial charge in [-0.3, -0.25) is 55.6 Å². The van der Waals surface area contributed by atoms with E-state index in [1.54, 1.807) is 110 Å². The second-order valence-electron chi connectivity index (χ2n) is 28.5. The van der Waals surface area contributed by atoms with Crippen LogP contribution in [0.1, 0.15) is 110 Å². The normalized spacial score (nSPS) is 12.2. The molecule has 5 rings (SSSR count). The van der Waals surface area contributed by atoms with Crippen molar-refractivity contribution >= 4 is 116 Å². The molecule has 5 aromatic rings. The van der Waals surface area contributed by atoms with Crippen LogP contribution in [0, 0.1) is 56.4 Å². The molecule has 49 heteroatoms. The molecule has 5 atom stereocenters. The maximum absolute atomic E-state index is 13.0. The molecule has 0 spiro atoms. The van der Waals surface area contributed by atoms with Gasteiger partial charge in [-0.1, -0.05) is 39.7 Å². The summed E-state index contributed by atoms with van der Waals surface area (Å²) in [5, 5.41) is 111. The molecule has 0 aliphatic heterocycles. The van der Waals surface area contributed by atoms with Gasteiger partial charge in [0, 0.05) is 46.4 Å². The van der Waals surface area contributed by atoms with Crippen LogP contribution in [0.3, 0.4) is 0 Å². The van der Waals surface area contributed by atoms with Gasteiger partial charge in [0.15, 0.2) is 52.9 Å². The van der Waals surface area contributed by atoms with Crippen molar-refractivity contribution in [3.63, 3.8) is 0 Å². The molecule has 654 valence electrons. The number of ether oxygens (including phenoxy) is 10. The van der Waals surface area contributed by atoms with Crippen LogP contribution in [0.4, 0.5) is 56.8 Å². The summed E-state index contributed by atoms with van der Waals surface area (Å²) in [4.78, 5) is 168. The number of hydrogen-bond donors (Lipinski definition) is 10. The molecule has 119 heavy (non-hydrogen) atoms. The first-order chi connectivity index (χ1) is 54.7. The fourth-order valence-corrected chi connectivity index (χ4v) is 8.33. The molecule has 0 bridgehead atoms. The highest BCUT2D eigenvalue weighted by molar-refractivity contribution is 9.10. The lowest BCUT2D eigenvalue weighted by Crippen LogP contribution is -2.46. The van der Waals surface area contributed by atoms with Gasteiger partial charge in [-0.15, -0.1) is 0 Å². The number of pyridine rings is 1. The lowest BCUT2D eigenvalue weighted by Gasteiger charge is -2.22. The maximum Gasteiger partial charge on any atom is 0.408 e. The van der Waals surface area contributed by atoms with E-state index in [0.717, 1.165) is 24.4 Å². The molecule has 0 aliphatic rings. The number of benzene rings is 4. The van der Waals surface area contributed by atoms with Crippen LogP contribution in [0.2, 0.25) is 5.02 Å². The number of rotatable bonds is 31. The largest absolute Gasteiger partial charge is 0.487 e. The van der Waals surface area contributed by atoms with Gasteiger partial charge in [-0.05, 0) is 146 Å². The number of carbonyl (C=O) groups is 10. The molecule has 5 amide bonds. The van der Waals surface area contributed by atoms with Crippen LogP contribution in [0.25, 0.3) is 0 Å². The summed E-state index contributed by atoms with van der Waals surface area (Å²) in [6.07, 6.45) is -2.48. The number of nitro groups is 5. The van der Waals surface area contributed by atoms with Gasteiger partial charge in [0.25, 0.3) is 0 Å². The molecule has 0 unspecified atom stereocenters. The number of aliphatic carboxylic acids is 5. The van der Waals surface area contributed by atoms with E-state index in [9.17, 15) is 103 Å². The highest BCUT2D eigenvalue weighted by atomic mass is 79.9. The van der Waals surface area contributed by atoms with Crippen molar-refractivity contribution in [2.75, 3.05) is 33.0 Å². The highest BCUT2D eigenvalue weighted by Crippen LogP contribution is 2.33. The number of amides is 5. The topological polar surface area (TPSA) is 653 Å². The molecule has 46 nitrogen and oxygen atoms in total. The second kappa shape index (κ2) is 47.5. The Morgan fingerprint density at radius 2 is 0.681 bits per heavy atom. The first kappa shape index (κ1) is 103. The van der Waals surface area contributed by atoms with Crippen molar-refractivity contribution in [3.05, 3.63) is 163 Å². The van der Waals surface area contributed by atoms with Crippen LogP contribution in [-0.4, -0.2) is 207 Å². The monoisotopic (exact) mass is 1780 g/mol. The van der Waals surface area contributed by atoms with E-state index in [2.05, 4.69) is 47.5 Å². The van der Waals surface area contributed by atoms with Crippen LogP contribution < -0.4 is 50.3 Å². The van der Waals surface area contributed by atoms with E-state index in [0.29, 0.717) is 10.5 Å². The molecule has 1 aromatic heterocycles. The molecule has 0 radical (unpaired) electrons. The number of carboxylic acids is 5. The lowest BCUT2D eigenvalue weighted by molar-refractivity contribution is -0.386. The second-order valence-corrected chi connectivity index (χ2v) is 29.9. The zero-order valence-electron chi connectivity index (χ0n) is 66.2. The standard InChI is InChI=1S/C15H20N2O7.C14H17BrN2O7.C14H17ClN2O7.C14H17FN2O7.C13H17N3O7/c1-15(2,3)24-14(20)16-10(13(18)19)8-9-23-12-7-5-4-6-11(12)17(21)22;3*1-14(2,3)24-13(20)16-9(12(18)19)7-23-11-5-4-8(15)6-10(11)17(21)22;1-13(2,3)23-12(19)15-8(11(17)18)7-22-10-4-5-14-6-9(10)16(20)21/h4-7,10H,8-9H2,1-3H3,(H,16,20)(H,18,19);3*4-6,9H,7H2,1-3H3,(H,16,20)(H,18,19);4-6,8H,7H2,1-3H3,(H,15,19)(H,17,18)/t10-;3*9-;8-/m00000/s1. The van der Waals surface area contributed by atoms with Crippen molar-refractivity contribution in [2.24, 2.45) is 0 Å². The Labute approximate surface area is 688 Å². The first-order valence-corrected chi connectivity index (χ1v) is 35.2. The Morgan fingerprint density at radius 1 is 0.395 bits per heavy atom. The minimum atomic E-state index is -1.51. The third-order valence-electron chi connectivity index (χ3n) is 12.6. The van der Waals surface area contributed by atoms with Gasteiger partial charge in [0.05, 0.1) is 37.3 Å². The highest BCUT2D eigenvalue weighted by Gasteiger charge is 2.33. The van der Waals surface area contributed by atoms with Crippen LogP contribution in [-0.2, 0) is 47.7 Å². The van der Waals surface area contributed by atoms with Crippen LogP contribution >= 0.6 is 27.5 Å². The zero-order valence-corrected chi connectivity index (χ0v) is 68.5. The Balaban J connectivity index is 0.000000744. The number of nitrogens with one attached hydrogen (secondary N) is 5. The van der Waals surface area contributed by atoms with Gasteiger partial charge in [-0.25, -0.2) is 52.3 Å². The molecule has 0 fully saturated rings. The number of carbonyl (C=O) groups excluding carboxylic acids is 5. The Bertz CT molecular complexity index is 4150. The number of nitro benzene ring substituents is 4. The summed E-state index contributed by atoms with van der Waals surface area (Å²) < 4.78 is 64.1. The number of carboxylic acid groups (broad SMARTS) is 5. The van der Waals surface area contributed by atoms with Gasteiger partial charge < -0.3 is 99.5 Å². The minimum absolute atomic E-state index is 0.0314. The van der Waals surface area contributed by atoms with Gasteiger partial charge in [-0.2, -0.15) is 0 Å². The molecular formula is C70H88BrClFN11O35. The van der Waals surface area contributed by atoms with Crippen molar-refractivity contribution in [1.29, 1.82) is 0 Å². The predicted octanol–water partition coefficient (Wildman–Crippen LogP) is 11.1. The minimum Gasteiger partial charge on any atom is -0.487 e. The number of nitrogens with zero attached hydrogens (tertiary/aromatic N) is 6. The lowest BCUT2D eigenvalue weighted by atomic mass is 10.2. The SMILES string of the molecule is CC(C)(C)OC(=O)N[C@@H](CCOc1ccccc1[N+](=O)[O-])C(=O)O.CC(C)(C)OC(=O)N[C@@H](COc1ccc(Br)cc1[N+](=O)[O-])C(=O)O.CC(C)(C)OC(=O)N[C@@H](COc1ccc(Cl)cc1[N+](=O)[O-])C(=O)O.CC(C)(C)OC(=O)N[C@@H](COc1ccc(F)cc1[N+](=O)[O-])C(=O)O.CC(C)(C)OC(=O)N[C@@H](COc1ccncc1[N+](=O)[O-])C(=O)O. The van der Waals surface area contributed by atoms with Gasteiger partial charge in [0.1, 0.15) is 72.5 Å². The number of para-hydroxylation sites is 2. The molecule has 0 saturated carbocycles. The molecular weight excluding hydrogens is 1690 g/mol. The summed E-state index contributed by atoms with van der Waals surface area (Å²) in [5.74, 6) is -8.34. The predicted molar refractivity (Wildman–Crippen MR) is 412 cm³/mol. The number of halogens is 3. The zero-order chi connectivity index (χ0) is 91.4.